The zero-order valence-corrected chi connectivity index (χ0v) is 23.5. The highest BCUT2D eigenvalue weighted by atomic mass is 35.5. The van der Waals surface area contributed by atoms with Gasteiger partial charge < -0.3 is 10.4 Å². The average Bonchev–Trinajstić information content (AvgIpc) is 3.57. The first kappa shape index (κ1) is 31.2. The molecule has 37 heavy (non-hydrogen) atoms. The third kappa shape index (κ3) is 9.06. The molecule has 4 rings (SSSR count). The van der Waals surface area contributed by atoms with Crippen LogP contribution >= 0.6 is 49.2 Å². The third-order valence-corrected chi connectivity index (χ3v) is 7.36. The number of thiol groups is 2. The topological polar surface area (TPSA) is 112 Å². The van der Waals surface area contributed by atoms with E-state index in [1.54, 1.807) is 18.2 Å². The van der Waals surface area contributed by atoms with Gasteiger partial charge in [-0.15, -0.1) is 17.5 Å². The van der Waals surface area contributed by atoms with Crippen molar-refractivity contribution in [1.82, 2.24) is 19.8 Å². The molecular weight excluding hydrogens is 559 g/mol. The molecule has 2 aromatic rings. The lowest BCUT2D eigenvalue weighted by molar-refractivity contribution is -0.140. The zero-order valence-electron chi connectivity index (χ0n) is 20.1. The summed E-state index contributed by atoms with van der Waals surface area (Å²) < 4.78 is 18.4. The summed E-state index contributed by atoms with van der Waals surface area (Å²) in [6, 6.07) is 5.24. The van der Waals surface area contributed by atoms with Gasteiger partial charge in [-0.3, -0.25) is 14.5 Å². The van der Waals surface area contributed by atoms with Crippen LogP contribution in [0.1, 0.15) is 43.5 Å². The first-order valence-corrected chi connectivity index (χ1v) is 13.5. The van der Waals surface area contributed by atoms with Crippen LogP contribution in [0.25, 0.3) is 6.08 Å². The number of piperidine rings is 1. The van der Waals surface area contributed by atoms with E-state index < -0.39 is 18.1 Å². The number of nitrogens with zero attached hydrogens (tertiary/aromatic N) is 3. The first-order chi connectivity index (χ1) is 17.2. The SMILES string of the molecule is CC(=O)N[C@@H](CS)C(=O)O.Cl.O=C(C1CC1)C(c1ccccc1F)N1CCC(S)/C(=C/c2csnn2)C1. The monoisotopic (exact) mass is 588 g/mol. The Bertz CT molecular complexity index is 1100. The lowest BCUT2D eigenvalue weighted by Gasteiger charge is -2.37. The Morgan fingerprint density at radius 1 is 1.30 bits per heavy atom. The number of ketones is 1. The molecule has 1 aliphatic heterocycles. The molecule has 0 radical (unpaired) electrons. The fourth-order valence-corrected chi connectivity index (χ4v) is 4.86. The Labute approximate surface area is 236 Å². The second kappa shape index (κ2) is 14.8. The van der Waals surface area contributed by atoms with Crippen molar-refractivity contribution in [2.24, 2.45) is 5.92 Å². The number of amides is 1. The molecule has 2 heterocycles. The minimum absolute atomic E-state index is 0. The van der Waals surface area contributed by atoms with E-state index >= 15 is 0 Å². The molecule has 1 amide bonds. The molecular formula is C24H30ClFN4O4S3. The van der Waals surface area contributed by atoms with Gasteiger partial charge in [-0.05, 0) is 48.5 Å². The number of carbonyl (C=O) groups excluding carboxylic acids is 2. The van der Waals surface area contributed by atoms with Gasteiger partial charge in [-0.1, -0.05) is 22.7 Å². The van der Waals surface area contributed by atoms with E-state index in [-0.39, 0.29) is 46.8 Å². The fourth-order valence-electron chi connectivity index (χ4n) is 3.93. The van der Waals surface area contributed by atoms with E-state index in [0.717, 1.165) is 37.1 Å². The number of Topliss-reactive ketones (excluding diaryl/α,β-unsaturated/α-hetero) is 1. The summed E-state index contributed by atoms with van der Waals surface area (Å²) in [6.07, 6.45) is 4.64. The van der Waals surface area contributed by atoms with Gasteiger partial charge in [-0.25, -0.2) is 9.18 Å². The number of hydrogen-bond donors (Lipinski definition) is 4. The van der Waals surface area contributed by atoms with E-state index in [9.17, 15) is 18.8 Å². The van der Waals surface area contributed by atoms with Crippen LogP contribution in [0.15, 0.2) is 35.2 Å². The minimum atomic E-state index is -1.06. The van der Waals surface area contributed by atoms with Crippen molar-refractivity contribution in [3.8, 4) is 0 Å². The molecule has 1 saturated carbocycles. The molecule has 2 unspecified atom stereocenters. The molecule has 1 aromatic heterocycles. The second-order valence-electron chi connectivity index (χ2n) is 8.70. The summed E-state index contributed by atoms with van der Waals surface area (Å²) in [5, 5.41) is 16.6. The van der Waals surface area contributed by atoms with Crippen molar-refractivity contribution >= 4 is 72.9 Å². The standard InChI is InChI=1S/C19H20FN3OS2.C5H9NO3S.ClH/c20-16-4-2-1-3-15(16)18(19(24)12-5-6-12)23-8-7-17(25)13(10-23)9-14-11-26-22-21-14;1-3(7)6-4(2-10)5(8)9;/h1-4,9,11-12,17-18,25H,5-8,10H2;4,10H,2H2,1H3,(H,6,7)(H,8,9);1H/b13-9+;;/t;4-;/m.0./s1. The quantitative estimate of drug-likeness (QED) is 0.348. The van der Waals surface area contributed by atoms with Crippen LogP contribution in [0, 0.1) is 11.7 Å². The Balaban J connectivity index is 0.000000376. The number of carboxylic acids is 1. The molecule has 1 aromatic carbocycles. The number of aromatic nitrogens is 2. The number of nitrogens with one attached hydrogen (secondary N) is 1. The number of carbonyl (C=O) groups is 3. The van der Waals surface area contributed by atoms with E-state index in [1.807, 2.05) is 11.5 Å². The highest BCUT2D eigenvalue weighted by molar-refractivity contribution is 7.81. The van der Waals surface area contributed by atoms with Gasteiger partial charge in [0, 0.05) is 47.9 Å². The van der Waals surface area contributed by atoms with Gasteiger partial charge in [0.25, 0.3) is 0 Å². The number of aliphatic carboxylic acids is 1. The number of carboxylic acid groups (broad SMARTS) is 1. The van der Waals surface area contributed by atoms with Crippen LogP contribution in [0.4, 0.5) is 4.39 Å². The molecule has 2 N–H and O–H groups in total. The Morgan fingerprint density at radius 3 is 2.51 bits per heavy atom. The van der Waals surface area contributed by atoms with E-state index in [0.29, 0.717) is 12.1 Å². The highest BCUT2D eigenvalue weighted by Gasteiger charge is 2.40. The van der Waals surface area contributed by atoms with Crippen LogP contribution in [0.2, 0.25) is 0 Å². The Morgan fingerprint density at radius 2 is 2.00 bits per heavy atom. The van der Waals surface area contributed by atoms with Gasteiger partial charge in [-0.2, -0.15) is 25.3 Å². The fraction of sp³-hybridized carbons (Fsp3) is 0.458. The van der Waals surface area contributed by atoms with Crippen molar-refractivity contribution < 1.29 is 23.9 Å². The Hall–Kier alpha value is -1.99. The summed E-state index contributed by atoms with van der Waals surface area (Å²) in [4.78, 5) is 35.6. The van der Waals surface area contributed by atoms with Gasteiger partial charge in [0.05, 0.1) is 11.7 Å². The van der Waals surface area contributed by atoms with Crippen molar-refractivity contribution in [2.45, 2.75) is 43.5 Å². The largest absolute Gasteiger partial charge is 0.480 e. The van der Waals surface area contributed by atoms with Crippen LogP contribution in [-0.2, 0) is 14.4 Å². The van der Waals surface area contributed by atoms with Crippen molar-refractivity contribution in [1.29, 1.82) is 0 Å². The number of halogens is 2. The number of hydrogen-bond acceptors (Lipinski definition) is 9. The average molecular weight is 589 g/mol. The second-order valence-corrected chi connectivity index (χ2v) is 10.3. The zero-order chi connectivity index (χ0) is 26.2. The van der Waals surface area contributed by atoms with Crippen LogP contribution in [-0.4, -0.2) is 67.4 Å². The molecule has 8 nitrogen and oxygen atoms in total. The minimum Gasteiger partial charge on any atom is -0.480 e. The first-order valence-electron chi connectivity index (χ1n) is 11.5. The van der Waals surface area contributed by atoms with Gasteiger partial charge in [0.2, 0.25) is 5.91 Å². The summed E-state index contributed by atoms with van der Waals surface area (Å²) >= 11 is 9.73. The van der Waals surface area contributed by atoms with Gasteiger partial charge in [0.1, 0.15) is 11.9 Å². The molecule has 0 spiro atoms. The predicted octanol–water partition coefficient (Wildman–Crippen LogP) is 3.71. The van der Waals surface area contributed by atoms with Gasteiger partial charge in [0.15, 0.2) is 5.78 Å². The lowest BCUT2D eigenvalue weighted by atomic mass is 9.93. The van der Waals surface area contributed by atoms with Crippen LogP contribution in [0.5, 0.6) is 0 Å². The maximum atomic E-state index is 14.5. The highest BCUT2D eigenvalue weighted by Crippen LogP contribution is 2.39. The number of benzene rings is 1. The molecule has 3 atom stereocenters. The van der Waals surface area contributed by atoms with Crippen molar-refractivity contribution in [3.63, 3.8) is 0 Å². The van der Waals surface area contributed by atoms with E-state index in [2.05, 4.69) is 32.4 Å². The summed E-state index contributed by atoms with van der Waals surface area (Å²) in [6.45, 7) is 2.57. The van der Waals surface area contributed by atoms with E-state index in [4.69, 9.17) is 17.7 Å². The van der Waals surface area contributed by atoms with Crippen molar-refractivity contribution in [2.75, 3.05) is 18.8 Å². The van der Waals surface area contributed by atoms with Gasteiger partial charge >= 0.3 is 5.97 Å². The predicted molar refractivity (Wildman–Crippen MR) is 150 cm³/mol. The van der Waals surface area contributed by atoms with Crippen molar-refractivity contribution in [3.05, 3.63) is 52.3 Å². The van der Waals surface area contributed by atoms with E-state index in [1.165, 1.54) is 24.5 Å². The maximum absolute atomic E-state index is 14.5. The lowest BCUT2D eigenvalue weighted by Crippen LogP contribution is -2.42. The molecule has 1 aliphatic carbocycles. The number of rotatable bonds is 8. The third-order valence-electron chi connectivity index (χ3n) is 5.89. The summed E-state index contributed by atoms with van der Waals surface area (Å²) in [7, 11) is 0. The molecule has 2 fully saturated rings. The summed E-state index contributed by atoms with van der Waals surface area (Å²) in [5.74, 6) is -1.42. The molecule has 0 bridgehead atoms. The molecule has 1 saturated heterocycles. The maximum Gasteiger partial charge on any atom is 0.327 e. The molecule has 2 aliphatic rings. The smallest absolute Gasteiger partial charge is 0.327 e. The normalized spacial score (nSPS) is 20.1. The van der Waals surface area contributed by atoms with Crippen LogP contribution < -0.4 is 5.32 Å². The van der Waals surface area contributed by atoms with Crippen LogP contribution in [0.3, 0.4) is 0 Å². The summed E-state index contributed by atoms with van der Waals surface area (Å²) in [5.41, 5.74) is 2.38. The number of likely N-dealkylation sites (tertiary alicyclic amines) is 1. The molecule has 202 valence electrons. The molecule has 13 heteroatoms. The Kier molecular flexibility index (Phi) is 12.5.